The molecular formula is C23H21ClN2O2S2. The zero-order valence-corrected chi connectivity index (χ0v) is 18.6. The Morgan fingerprint density at radius 3 is 2.43 bits per heavy atom. The number of thiophene rings is 1. The Balaban J connectivity index is 0.00000256. The maximum Gasteiger partial charge on any atom is 0.305 e. The summed E-state index contributed by atoms with van der Waals surface area (Å²) in [5.41, 5.74) is 4.29. The summed E-state index contributed by atoms with van der Waals surface area (Å²) in [4.78, 5) is 19.2. The van der Waals surface area contributed by atoms with Crippen LogP contribution in [0.4, 0.5) is 5.13 Å². The molecule has 2 heterocycles. The topological polar surface area (TPSA) is 53.4 Å². The van der Waals surface area contributed by atoms with E-state index in [1.54, 1.807) is 22.7 Å². The van der Waals surface area contributed by atoms with Gasteiger partial charge >= 0.3 is 5.97 Å². The van der Waals surface area contributed by atoms with E-state index in [4.69, 9.17) is 10.1 Å². The fraction of sp³-hybridized carbons (Fsp3) is 0.130. The lowest BCUT2D eigenvalue weighted by Gasteiger charge is -2.20. The predicted molar refractivity (Wildman–Crippen MR) is 128 cm³/mol. The maximum atomic E-state index is 11.1. The van der Waals surface area contributed by atoms with E-state index < -0.39 is 5.97 Å². The number of aliphatic carboxylic acids is 1. The largest absolute Gasteiger partial charge is 0.481 e. The third-order valence-electron chi connectivity index (χ3n) is 4.55. The summed E-state index contributed by atoms with van der Waals surface area (Å²) in [5.74, 6) is -0.798. The molecule has 0 saturated carbocycles. The normalized spacial score (nSPS) is 10.4. The summed E-state index contributed by atoms with van der Waals surface area (Å²) in [6, 6.07) is 22.7. The van der Waals surface area contributed by atoms with Crippen molar-refractivity contribution in [2.45, 2.75) is 13.0 Å². The molecule has 0 fully saturated rings. The number of thiazole rings is 1. The van der Waals surface area contributed by atoms with Crippen molar-refractivity contribution < 1.29 is 9.90 Å². The summed E-state index contributed by atoms with van der Waals surface area (Å²) in [5, 5.41) is 14.0. The van der Waals surface area contributed by atoms with Crippen molar-refractivity contribution in [3.63, 3.8) is 0 Å². The molecule has 2 aromatic carbocycles. The second kappa shape index (κ2) is 10.4. The van der Waals surface area contributed by atoms with Crippen molar-refractivity contribution in [1.29, 1.82) is 0 Å². The number of rotatable bonds is 8. The van der Waals surface area contributed by atoms with E-state index in [1.807, 2.05) is 41.1 Å². The Bertz CT molecular complexity index is 1080. The molecule has 7 heteroatoms. The van der Waals surface area contributed by atoms with Crippen LogP contribution in [-0.4, -0.2) is 22.6 Å². The molecule has 4 nitrogen and oxygen atoms in total. The summed E-state index contributed by atoms with van der Waals surface area (Å²) < 4.78 is 0. The molecule has 0 atom stereocenters. The van der Waals surface area contributed by atoms with Gasteiger partial charge in [0, 0.05) is 22.4 Å². The zero-order chi connectivity index (χ0) is 20.1. The average molecular weight is 457 g/mol. The number of carboxylic acid groups (broad SMARTS) is 1. The van der Waals surface area contributed by atoms with Gasteiger partial charge in [0.1, 0.15) is 0 Å². The molecular weight excluding hydrogens is 436 g/mol. The number of nitrogens with zero attached hydrogens (tertiary/aromatic N) is 2. The third-order valence-corrected chi connectivity index (χ3v) is 6.31. The summed E-state index contributed by atoms with van der Waals surface area (Å²) in [6.07, 6.45) is 0.0871. The van der Waals surface area contributed by atoms with Gasteiger partial charge in [0.15, 0.2) is 5.13 Å². The van der Waals surface area contributed by atoms with Crippen LogP contribution in [0.5, 0.6) is 0 Å². The summed E-state index contributed by atoms with van der Waals surface area (Å²) in [6.45, 7) is 1.10. The SMILES string of the molecule is Cl.O=C(O)CCN(Cc1cccs1)c1nc(-c2cccc(-c3ccccc3)c2)cs1. The monoisotopic (exact) mass is 456 g/mol. The highest BCUT2D eigenvalue weighted by Gasteiger charge is 2.15. The molecule has 1 N–H and O–H groups in total. The van der Waals surface area contributed by atoms with Crippen LogP contribution in [0.3, 0.4) is 0 Å². The first-order valence-corrected chi connectivity index (χ1v) is 11.1. The number of anilines is 1. The second-order valence-corrected chi connectivity index (χ2v) is 8.48. The van der Waals surface area contributed by atoms with Crippen molar-refractivity contribution in [3.05, 3.63) is 82.4 Å². The van der Waals surface area contributed by atoms with Gasteiger partial charge in [0.2, 0.25) is 0 Å². The molecule has 2 aromatic heterocycles. The lowest BCUT2D eigenvalue weighted by molar-refractivity contribution is -0.136. The van der Waals surface area contributed by atoms with E-state index in [1.165, 1.54) is 10.4 Å². The first-order valence-electron chi connectivity index (χ1n) is 9.29. The predicted octanol–water partition coefficient (Wildman–Crippen LogP) is 6.44. The number of carboxylic acids is 1. The number of benzene rings is 2. The van der Waals surface area contributed by atoms with Crippen molar-refractivity contribution in [3.8, 4) is 22.4 Å². The van der Waals surface area contributed by atoms with Gasteiger partial charge in [-0.2, -0.15) is 0 Å². The third kappa shape index (κ3) is 5.48. The standard InChI is InChI=1S/C23H20N2O2S2.ClH/c26-22(27)11-12-25(15-20-10-5-13-28-20)23-24-21(16-29-23)19-9-4-8-18(14-19)17-6-2-1-3-7-17;/h1-10,13-14,16H,11-12,15H2,(H,26,27);1H. The van der Waals surface area contributed by atoms with Gasteiger partial charge in [-0.1, -0.05) is 54.6 Å². The minimum absolute atomic E-state index is 0. The van der Waals surface area contributed by atoms with Crippen molar-refractivity contribution in [2.75, 3.05) is 11.4 Å². The van der Waals surface area contributed by atoms with Gasteiger partial charge in [-0.3, -0.25) is 4.79 Å². The Hall–Kier alpha value is -2.67. The number of hydrogen-bond acceptors (Lipinski definition) is 5. The van der Waals surface area contributed by atoms with E-state index in [9.17, 15) is 4.79 Å². The highest BCUT2D eigenvalue weighted by Crippen LogP contribution is 2.31. The van der Waals surface area contributed by atoms with Crippen LogP contribution >= 0.6 is 35.1 Å². The molecule has 0 aliphatic heterocycles. The summed E-state index contributed by atoms with van der Waals surface area (Å²) >= 11 is 3.22. The van der Waals surface area contributed by atoms with Gasteiger partial charge in [0.25, 0.3) is 0 Å². The smallest absolute Gasteiger partial charge is 0.305 e. The average Bonchev–Trinajstić information content (AvgIpc) is 3.44. The number of aromatic nitrogens is 1. The van der Waals surface area contributed by atoms with Gasteiger partial charge in [0.05, 0.1) is 18.7 Å². The van der Waals surface area contributed by atoms with Crippen LogP contribution in [0.15, 0.2) is 77.5 Å². The molecule has 0 aliphatic carbocycles. The van der Waals surface area contributed by atoms with Crippen molar-refractivity contribution >= 4 is 46.2 Å². The summed E-state index contributed by atoms with van der Waals surface area (Å²) in [7, 11) is 0. The number of halogens is 1. The molecule has 0 amide bonds. The lowest BCUT2D eigenvalue weighted by atomic mass is 10.0. The van der Waals surface area contributed by atoms with E-state index in [0.717, 1.165) is 22.0 Å². The lowest BCUT2D eigenvalue weighted by Crippen LogP contribution is -2.25. The van der Waals surface area contributed by atoms with Crippen LogP contribution in [-0.2, 0) is 11.3 Å². The first kappa shape index (κ1) is 22.0. The van der Waals surface area contributed by atoms with Crippen LogP contribution in [0.2, 0.25) is 0 Å². The van der Waals surface area contributed by atoms with Gasteiger partial charge in [-0.05, 0) is 28.6 Å². The van der Waals surface area contributed by atoms with Crippen molar-refractivity contribution in [2.24, 2.45) is 0 Å². The molecule has 0 saturated heterocycles. The van der Waals surface area contributed by atoms with Crippen LogP contribution in [0.25, 0.3) is 22.4 Å². The molecule has 0 aliphatic rings. The second-order valence-electron chi connectivity index (χ2n) is 6.61. The van der Waals surface area contributed by atoms with Gasteiger partial charge in [-0.25, -0.2) is 4.98 Å². The van der Waals surface area contributed by atoms with E-state index in [2.05, 4.69) is 41.3 Å². The molecule has 4 rings (SSSR count). The minimum Gasteiger partial charge on any atom is -0.481 e. The van der Waals surface area contributed by atoms with E-state index in [0.29, 0.717) is 13.1 Å². The molecule has 154 valence electrons. The quantitative estimate of drug-likeness (QED) is 0.331. The fourth-order valence-corrected chi connectivity index (χ4v) is 4.68. The van der Waals surface area contributed by atoms with Gasteiger partial charge < -0.3 is 10.0 Å². The minimum atomic E-state index is -0.798. The molecule has 0 bridgehead atoms. The Labute approximate surface area is 189 Å². The first-order chi connectivity index (χ1) is 14.2. The van der Waals surface area contributed by atoms with Gasteiger partial charge in [-0.15, -0.1) is 35.1 Å². The molecule has 0 spiro atoms. The van der Waals surface area contributed by atoms with Crippen LogP contribution < -0.4 is 4.90 Å². The fourth-order valence-electron chi connectivity index (χ4n) is 3.09. The maximum absolute atomic E-state index is 11.1. The van der Waals surface area contributed by atoms with E-state index in [-0.39, 0.29) is 18.8 Å². The molecule has 0 radical (unpaired) electrons. The zero-order valence-electron chi connectivity index (χ0n) is 16.1. The Morgan fingerprint density at radius 2 is 1.70 bits per heavy atom. The van der Waals surface area contributed by atoms with Crippen LogP contribution in [0.1, 0.15) is 11.3 Å². The Morgan fingerprint density at radius 1 is 0.933 bits per heavy atom. The number of hydrogen-bond donors (Lipinski definition) is 1. The molecule has 30 heavy (non-hydrogen) atoms. The highest BCUT2D eigenvalue weighted by molar-refractivity contribution is 7.14. The highest BCUT2D eigenvalue weighted by atomic mass is 35.5. The van der Waals surface area contributed by atoms with E-state index >= 15 is 0 Å². The van der Waals surface area contributed by atoms with Crippen molar-refractivity contribution in [1.82, 2.24) is 4.98 Å². The number of carbonyl (C=O) groups is 1. The molecule has 0 unspecified atom stereocenters. The molecule has 4 aromatic rings. The van der Waals surface area contributed by atoms with Crippen LogP contribution in [0, 0.1) is 0 Å². The Kier molecular flexibility index (Phi) is 7.63.